The van der Waals surface area contributed by atoms with E-state index in [-0.39, 0.29) is 5.78 Å². The molecule has 0 aliphatic rings. The molecule has 0 aliphatic heterocycles. The predicted octanol–water partition coefficient (Wildman–Crippen LogP) is 2.00. The molecular weight excluding hydrogens is 138 g/mol. The van der Waals surface area contributed by atoms with Crippen LogP contribution in [0.15, 0.2) is 17.1 Å². The van der Waals surface area contributed by atoms with Gasteiger partial charge in [-0.2, -0.15) is 0 Å². The molecule has 0 fully saturated rings. The zero-order valence-electron chi connectivity index (χ0n) is 7.42. The van der Waals surface area contributed by atoms with Crippen LogP contribution in [0.4, 0.5) is 0 Å². The molecule has 0 rings (SSSR count). The molecule has 0 atom stereocenters. The van der Waals surface area contributed by atoms with Crippen molar-refractivity contribution in [3.05, 3.63) is 12.2 Å². The molecule has 62 valence electrons. The summed E-state index contributed by atoms with van der Waals surface area (Å²) in [5, 5.41) is 0. The summed E-state index contributed by atoms with van der Waals surface area (Å²) in [5.74, 6) is 0.0385. The van der Waals surface area contributed by atoms with Gasteiger partial charge in [0.15, 0.2) is 5.78 Å². The van der Waals surface area contributed by atoms with Crippen molar-refractivity contribution in [1.29, 1.82) is 0 Å². The molecule has 0 saturated carbocycles. The minimum absolute atomic E-state index is 0.0385. The number of hydrogen-bond acceptors (Lipinski definition) is 2. The van der Waals surface area contributed by atoms with Crippen molar-refractivity contribution in [2.45, 2.75) is 27.2 Å². The van der Waals surface area contributed by atoms with Crippen molar-refractivity contribution >= 4 is 11.5 Å². The number of carbonyl (C=O) groups is 1. The van der Waals surface area contributed by atoms with E-state index in [1.54, 1.807) is 6.08 Å². The van der Waals surface area contributed by atoms with E-state index in [1.165, 1.54) is 6.92 Å². The van der Waals surface area contributed by atoms with Gasteiger partial charge in [-0.3, -0.25) is 9.79 Å². The van der Waals surface area contributed by atoms with Gasteiger partial charge in [0.05, 0.1) is 5.71 Å². The second-order valence-corrected chi connectivity index (χ2v) is 2.23. The highest BCUT2D eigenvalue weighted by molar-refractivity contribution is 6.43. The molecule has 0 aromatic carbocycles. The number of ketones is 1. The van der Waals surface area contributed by atoms with Crippen LogP contribution in [0.5, 0.6) is 0 Å². The summed E-state index contributed by atoms with van der Waals surface area (Å²) in [6.07, 6.45) is 4.66. The summed E-state index contributed by atoms with van der Waals surface area (Å²) in [4.78, 5) is 14.9. The quantitative estimate of drug-likeness (QED) is 0.568. The lowest BCUT2D eigenvalue weighted by molar-refractivity contribution is -0.111. The van der Waals surface area contributed by atoms with Crippen molar-refractivity contribution in [3.8, 4) is 0 Å². The smallest absolute Gasteiger partial charge is 0.177 e. The van der Waals surface area contributed by atoms with E-state index in [1.807, 2.05) is 19.9 Å². The number of hydrogen-bond donors (Lipinski definition) is 0. The molecule has 11 heavy (non-hydrogen) atoms. The zero-order chi connectivity index (χ0) is 8.69. The van der Waals surface area contributed by atoms with Gasteiger partial charge < -0.3 is 0 Å². The number of allylic oxidation sites excluding steroid dienone is 2. The molecule has 2 heteroatoms. The SMILES string of the molecule is CC/C=C\C(=NCC)C(C)=O. The Morgan fingerprint density at radius 1 is 1.45 bits per heavy atom. The summed E-state index contributed by atoms with van der Waals surface area (Å²) in [5.41, 5.74) is 0.578. The Morgan fingerprint density at radius 2 is 2.09 bits per heavy atom. The van der Waals surface area contributed by atoms with Crippen molar-refractivity contribution in [2.75, 3.05) is 6.54 Å². The molecular formula is C9H15NO. The Bertz CT molecular complexity index is 180. The van der Waals surface area contributed by atoms with Crippen LogP contribution in [-0.2, 0) is 4.79 Å². The monoisotopic (exact) mass is 153 g/mol. The first-order chi connectivity index (χ1) is 5.22. The Labute approximate surface area is 68.0 Å². The zero-order valence-corrected chi connectivity index (χ0v) is 7.42. The summed E-state index contributed by atoms with van der Waals surface area (Å²) in [6.45, 7) is 6.15. The lowest BCUT2D eigenvalue weighted by Crippen LogP contribution is -2.06. The topological polar surface area (TPSA) is 29.4 Å². The molecule has 0 aromatic rings. The summed E-state index contributed by atoms with van der Waals surface area (Å²) < 4.78 is 0. The first-order valence-electron chi connectivity index (χ1n) is 3.94. The minimum Gasteiger partial charge on any atom is -0.293 e. The predicted molar refractivity (Wildman–Crippen MR) is 48.1 cm³/mol. The average Bonchev–Trinajstić information content (AvgIpc) is 1.97. The normalized spacial score (nSPS) is 12.5. The van der Waals surface area contributed by atoms with Crippen LogP contribution in [-0.4, -0.2) is 18.0 Å². The number of nitrogens with zero attached hydrogens (tertiary/aromatic N) is 1. The van der Waals surface area contributed by atoms with Crippen LogP contribution in [0.2, 0.25) is 0 Å². The van der Waals surface area contributed by atoms with Crippen molar-refractivity contribution in [2.24, 2.45) is 4.99 Å². The third kappa shape index (κ3) is 4.48. The van der Waals surface area contributed by atoms with Gasteiger partial charge in [0, 0.05) is 13.5 Å². The Kier molecular flexibility index (Phi) is 5.35. The van der Waals surface area contributed by atoms with Crippen LogP contribution in [0, 0.1) is 0 Å². The number of Topliss-reactive ketones (excluding diaryl/α,β-unsaturated/α-hetero) is 1. The summed E-state index contributed by atoms with van der Waals surface area (Å²) >= 11 is 0. The van der Waals surface area contributed by atoms with Gasteiger partial charge in [0.1, 0.15) is 0 Å². The highest BCUT2D eigenvalue weighted by atomic mass is 16.1. The lowest BCUT2D eigenvalue weighted by atomic mass is 10.2. The molecule has 0 bridgehead atoms. The number of rotatable bonds is 4. The highest BCUT2D eigenvalue weighted by Crippen LogP contribution is 1.87. The van der Waals surface area contributed by atoms with Crippen molar-refractivity contribution in [1.82, 2.24) is 0 Å². The standard InChI is InChI=1S/C9H15NO/c1-4-6-7-9(8(3)11)10-5-2/h6-7H,4-5H2,1-3H3/b7-6-,10-9?. The Morgan fingerprint density at radius 3 is 2.45 bits per heavy atom. The molecule has 0 aliphatic carbocycles. The van der Waals surface area contributed by atoms with Gasteiger partial charge >= 0.3 is 0 Å². The van der Waals surface area contributed by atoms with E-state index in [0.29, 0.717) is 12.3 Å². The third-order valence-corrected chi connectivity index (χ3v) is 1.20. The maximum absolute atomic E-state index is 10.9. The van der Waals surface area contributed by atoms with Crippen LogP contribution < -0.4 is 0 Å². The van der Waals surface area contributed by atoms with Gasteiger partial charge in [-0.25, -0.2) is 0 Å². The molecule has 0 amide bonds. The van der Waals surface area contributed by atoms with Gasteiger partial charge in [-0.15, -0.1) is 0 Å². The fraction of sp³-hybridized carbons (Fsp3) is 0.556. The number of carbonyl (C=O) groups excluding carboxylic acids is 1. The Hall–Kier alpha value is -0.920. The van der Waals surface area contributed by atoms with E-state index in [2.05, 4.69) is 4.99 Å². The van der Waals surface area contributed by atoms with E-state index in [9.17, 15) is 4.79 Å². The third-order valence-electron chi connectivity index (χ3n) is 1.20. The fourth-order valence-electron chi connectivity index (χ4n) is 0.681. The largest absolute Gasteiger partial charge is 0.293 e. The molecule has 0 saturated heterocycles. The highest BCUT2D eigenvalue weighted by Gasteiger charge is 1.97. The molecule has 0 radical (unpaired) electrons. The van der Waals surface area contributed by atoms with E-state index in [0.717, 1.165) is 6.42 Å². The van der Waals surface area contributed by atoms with Crippen molar-refractivity contribution < 1.29 is 4.79 Å². The number of aliphatic imine (C=N–C) groups is 1. The molecule has 0 heterocycles. The lowest BCUT2D eigenvalue weighted by Gasteiger charge is -1.92. The van der Waals surface area contributed by atoms with Gasteiger partial charge in [0.25, 0.3) is 0 Å². The molecule has 2 nitrogen and oxygen atoms in total. The van der Waals surface area contributed by atoms with E-state index < -0.39 is 0 Å². The van der Waals surface area contributed by atoms with Crippen LogP contribution in [0.1, 0.15) is 27.2 Å². The van der Waals surface area contributed by atoms with Gasteiger partial charge in [-0.05, 0) is 19.4 Å². The van der Waals surface area contributed by atoms with Gasteiger partial charge in [-0.1, -0.05) is 13.0 Å². The Balaban J connectivity index is 4.23. The molecule has 0 spiro atoms. The average molecular weight is 153 g/mol. The van der Waals surface area contributed by atoms with E-state index in [4.69, 9.17) is 0 Å². The van der Waals surface area contributed by atoms with E-state index >= 15 is 0 Å². The first-order valence-corrected chi connectivity index (χ1v) is 3.94. The maximum Gasteiger partial charge on any atom is 0.177 e. The summed E-state index contributed by atoms with van der Waals surface area (Å²) in [6, 6.07) is 0. The minimum atomic E-state index is 0.0385. The molecule has 0 N–H and O–H groups in total. The van der Waals surface area contributed by atoms with Gasteiger partial charge in [0.2, 0.25) is 0 Å². The maximum atomic E-state index is 10.9. The van der Waals surface area contributed by atoms with Crippen molar-refractivity contribution in [3.63, 3.8) is 0 Å². The second kappa shape index (κ2) is 5.83. The molecule has 0 aromatic heterocycles. The van der Waals surface area contributed by atoms with Crippen LogP contribution in [0.25, 0.3) is 0 Å². The first kappa shape index (κ1) is 10.1. The van der Waals surface area contributed by atoms with Crippen LogP contribution >= 0.6 is 0 Å². The fourth-order valence-corrected chi connectivity index (χ4v) is 0.681. The van der Waals surface area contributed by atoms with Crippen LogP contribution in [0.3, 0.4) is 0 Å². The molecule has 0 unspecified atom stereocenters. The second-order valence-electron chi connectivity index (χ2n) is 2.23. The summed E-state index contributed by atoms with van der Waals surface area (Å²) in [7, 11) is 0.